The molecule has 0 radical (unpaired) electrons. The monoisotopic (exact) mass is 271 g/mol. The van der Waals surface area contributed by atoms with Crippen LogP contribution in [-0.4, -0.2) is 49.4 Å². The molecule has 2 N–H and O–H groups in total. The molecule has 0 bridgehead atoms. The van der Waals surface area contributed by atoms with E-state index in [2.05, 4.69) is 10.6 Å². The number of amides is 2. The highest BCUT2D eigenvalue weighted by molar-refractivity contribution is 6.32. The van der Waals surface area contributed by atoms with E-state index in [-0.39, 0.29) is 22.6 Å². The van der Waals surface area contributed by atoms with Crippen molar-refractivity contribution in [3.8, 4) is 0 Å². The summed E-state index contributed by atoms with van der Waals surface area (Å²) in [5.74, 6) is -0.487. The highest BCUT2D eigenvalue weighted by atomic mass is 35.5. The van der Waals surface area contributed by atoms with Crippen LogP contribution in [0.1, 0.15) is 10.4 Å². The molecule has 1 aliphatic heterocycles. The summed E-state index contributed by atoms with van der Waals surface area (Å²) in [6.45, 7) is 1.54. The number of furan rings is 1. The van der Waals surface area contributed by atoms with Crippen molar-refractivity contribution in [1.82, 2.24) is 15.5 Å². The van der Waals surface area contributed by atoms with Crippen LogP contribution in [0, 0.1) is 0 Å². The third-order valence-corrected chi connectivity index (χ3v) is 3.19. The summed E-state index contributed by atoms with van der Waals surface area (Å²) in [5, 5.41) is 5.68. The molecule has 2 rings (SSSR count). The number of halogens is 1. The smallest absolute Gasteiger partial charge is 0.259 e. The standard InChI is InChI=1S/C11H14ClN3O3/c1-13-10(16)8-6-14-3-4-15(8)11(17)7-2-5-18-9(7)12/h2,5,8,14H,3-4,6H2,1H3,(H,13,16). The molecule has 18 heavy (non-hydrogen) atoms. The van der Waals surface area contributed by atoms with Crippen molar-refractivity contribution >= 4 is 23.4 Å². The summed E-state index contributed by atoms with van der Waals surface area (Å²) in [4.78, 5) is 25.5. The van der Waals surface area contributed by atoms with Gasteiger partial charge in [-0.2, -0.15) is 0 Å². The van der Waals surface area contributed by atoms with Gasteiger partial charge in [-0.25, -0.2) is 0 Å². The summed E-state index contributed by atoms with van der Waals surface area (Å²) in [6.07, 6.45) is 1.35. The quantitative estimate of drug-likeness (QED) is 0.800. The van der Waals surface area contributed by atoms with Crippen LogP contribution in [-0.2, 0) is 4.79 Å². The number of carbonyl (C=O) groups excluding carboxylic acids is 2. The number of carbonyl (C=O) groups is 2. The van der Waals surface area contributed by atoms with Gasteiger partial charge in [-0.1, -0.05) is 0 Å². The van der Waals surface area contributed by atoms with Crippen LogP contribution in [0.3, 0.4) is 0 Å². The number of piperazine rings is 1. The zero-order valence-electron chi connectivity index (χ0n) is 9.90. The summed E-state index contributed by atoms with van der Waals surface area (Å²) in [6, 6.07) is 0.982. The fraction of sp³-hybridized carbons (Fsp3) is 0.455. The summed E-state index contributed by atoms with van der Waals surface area (Å²) >= 11 is 5.78. The molecule has 0 aromatic carbocycles. The lowest BCUT2D eigenvalue weighted by molar-refractivity contribution is -0.125. The molecule has 1 unspecified atom stereocenters. The maximum Gasteiger partial charge on any atom is 0.259 e. The van der Waals surface area contributed by atoms with Gasteiger partial charge in [0, 0.05) is 26.7 Å². The Morgan fingerprint density at radius 2 is 2.39 bits per heavy atom. The first-order chi connectivity index (χ1) is 8.65. The summed E-state index contributed by atoms with van der Waals surface area (Å²) < 4.78 is 4.90. The third kappa shape index (κ3) is 2.34. The molecule has 1 fully saturated rings. The first-order valence-corrected chi connectivity index (χ1v) is 5.99. The molecule has 2 heterocycles. The Bertz CT molecular complexity index is 460. The molecule has 1 aliphatic rings. The van der Waals surface area contributed by atoms with Crippen LogP contribution >= 0.6 is 11.6 Å². The number of likely N-dealkylation sites (N-methyl/N-ethyl adjacent to an activating group) is 1. The molecule has 7 heteroatoms. The Hall–Kier alpha value is -1.53. The van der Waals surface area contributed by atoms with Crippen LogP contribution in [0.4, 0.5) is 0 Å². The van der Waals surface area contributed by atoms with E-state index in [0.29, 0.717) is 19.6 Å². The lowest BCUT2D eigenvalue weighted by Gasteiger charge is -2.34. The van der Waals surface area contributed by atoms with Gasteiger partial charge in [0.15, 0.2) is 0 Å². The lowest BCUT2D eigenvalue weighted by Crippen LogP contribution is -2.59. The van der Waals surface area contributed by atoms with Crippen molar-refractivity contribution in [3.05, 3.63) is 23.1 Å². The summed E-state index contributed by atoms with van der Waals surface area (Å²) in [7, 11) is 1.55. The van der Waals surface area contributed by atoms with E-state index in [1.165, 1.54) is 17.2 Å². The van der Waals surface area contributed by atoms with E-state index < -0.39 is 6.04 Å². The number of nitrogens with one attached hydrogen (secondary N) is 2. The predicted octanol–water partition coefficient (Wildman–Crippen LogP) is 0.0930. The number of nitrogens with zero attached hydrogens (tertiary/aromatic N) is 1. The fourth-order valence-corrected chi connectivity index (χ4v) is 2.14. The molecule has 1 aromatic heterocycles. The van der Waals surface area contributed by atoms with Crippen LogP contribution in [0.25, 0.3) is 0 Å². The van der Waals surface area contributed by atoms with E-state index in [1.807, 2.05) is 0 Å². The lowest BCUT2D eigenvalue weighted by atomic mass is 10.1. The Morgan fingerprint density at radius 3 is 3.00 bits per heavy atom. The highest BCUT2D eigenvalue weighted by Crippen LogP contribution is 2.20. The highest BCUT2D eigenvalue weighted by Gasteiger charge is 2.33. The van der Waals surface area contributed by atoms with E-state index in [4.69, 9.17) is 16.0 Å². The third-order valence-electron chi connectivity index (χ3n) is 2.90. The minimum atomic E-state index is -0.526. The zero-order chi connectivity index (χ0) is 13.1. The van der Waals surface area contributed by atoms with Gasteiger partial charge < -0.3 is 20.0 Å². The topological polar surface area (TPSA) is 74.6 Å². The molecule has 1 atom stereocenters. The van der Waals surface area contributed by atoms with Gasteiger partial charge in [0.05, 0.1) is 11.8 Å². The normalized spacial score (nSPS) is 19.7. The average Bonchev–Trinajstić information content (AvgIpc) is 2.83. The average molecular weight is 272 g/mol. The molecule has 0 aliphatic carbocycles. The molecular formula is C11H14ClN3O3. The van der Waals surface area contributed by atoms with E-state index in [1.54, 1.807) is 7.05 Å². The zero-order valence-corrected chi connectivity index (χ0v) is 10.7. The second kappa shape index (κ2) is 5.41. The van der Waals surface area contributed by atoms with Gasteiger partial charge in [-0.3, -0.25) is 9.59 Å². The second-order valence-electron chi connectivity index (χ2n) is 3.94. The van der Waals surface area contributed by atoms with Gasteiger partial charge in [-0.15, -0.1) is 0 Å². The first kappa shape index (κ1) is 12.9. The second-order valence-corrected chi connectivity index (χ2v) is 4.28. The molecule has 6 nitrogen and oxygen atoms in total. The van der Waals surface area contributed by atoms with Crippen LogP contribution in [0.2, 0.25) is 5.22 Å². The van der Waals surface area contributed by atoms with Crippen LogP contribution in [0.5, 0.6) is 0 Å². The maximum atomic E-state index is 12.3. The van der Waals surface area contributed by atoms with Crippen molar-refractivity contribution in [1.29, 1.82) is 0 Å². The minimum absolute atomic E-state index is 0.0502. The molecule has 1 aromatic rings. The van der Waals surface area contributed by atoms with E-state index in [9.17, 15) is 9.59 Å². The van der Waals surface area contributed by atoms with Gasteiger partial charge in [0.25, 0.3) is 5.91 Å². The Labute approximate surface area is 109 Å². The van der Waals surface area contributed by atoms with Crippen molar-refractivity contribution < 1.29 is 14.0 Å². The fourth-order valence-electron chi connectivity index (χ4n) is 1.95. The Kier molecular flexibility index (Phi) is 3.88. The Balaban J connectivity index is 2.21. The molecule has 1 saturated heterocycles. The van der Waals surface area contributed by atoms with Crippen molar-refractivity contribution in [2.75, 3.05) is 26.7 Å². The Morgan fingerprint density at radius 1 is 1.61 bits per heavy atom. The number of hydrogen-bond donors (Lipinski definition) is 2. The van der Waals surface area contributed by atoms with Crippen molar-refractivity contribution in [2.24, 2.45) is 0 Å². The number of hydrogen-bond acceptors (Lipinski definition) is 4. The van der Waals surface area contributed by atoms with Crippen molar-refractivity contribution in [3.63, 3.8) is 0 Å². The van der Waals surface area contributed by atoms with E-state index in [0.717, 1.165) is 0 Å². The van der Waals surface area contributed by atoms with Gasteiger partial charge in [-0.05, 0) is 17.7 Å². The van der Waals surface area contributed by atoms with Gasteiger partial charge in [0.1, 0.15) is 6.04 Å². The van der Waals surface area contributed by atoms with Crippen LogP contribution < -0.4 is 10.6 Å². The molecule has 0 spiro atoms. The molecule has 2 amide bonds. The number of rotatable bonds is 2. The predicted molar refractivity (Wildman–Crippen MR) is 65.5 cm³/mol. The molecule has 98 valence electrons. The SMILES string of the molecule is CNC(=O)C1CNCCN1C(=O)c1ccoc1Cl. The summed E-state index contributed by atoms with van der Waals surface area (Å²) in [5.41, 5.74) is 0.285. The van der Waals surface area contributed by atoms with Crippen LogP contribution in [0.15, 0.2) is 16.7 Å². The van der Waals surface area contributed by atoms with E-state index >= 15 is 0 Å². The largest absolute Gasteiger partial charge is 0.452 e. The van der Waals surface area contributed by atoms with Gasteiger partial charge in [0.2, 0.25) is 11.1 Å². The van der Waals surface area contributed by atoms with Crippen molar-refractivity contribution in [2.45, 2.75) is 6.04 Å². The molecule has 0 saturated carbocycles. The maximum absolute atomic E-state index is 12.3. The first-order valence-electron chi connectivity index (χ1n) is 5.61. The molecular weight excluding hydrogens is 258 g/mol. The van der Waals surface area contributed by atoms with Gasteiger partial charge >= 0.3 is 0 Å². The minimum Gasteiger partial charge on any atom is -0.452 e.